The number of halogens is 2. The van der Waals surface area contributed by atoms with Gasteiger partial charge in [0, 0.05) is 67.6 Å². The highest BCUT2D eigenvalue weighted by atomic mass is 32.2. The van der Waals surface area contributed by atoms with Crippen LogP contribution in [0.25, 0.3) is 22.0 Å². The second kappa shape index (κ2) is 16.4. The molecule has 266 valence electrons. The highest BCUT2D eigenvalue weighted by Crippen LogP contribution is 2.33. The standard InChI is InChI=1S/C29H26F2N6O5S.C4H4O4/c1-18(38)3-8-27(39)36-9-11-37(12-10-36)28-22-13-19(4-6-24(22)33-17-34-28)20-14-25(29(42-2)32-16-20)35-43(40,41)26-7-5-21(30)15-23(26)31;5-3(6)1-2-4(7)8/h3-8,13-17,35H,9-12H2,1-2H3;1-2H,(H,5,6)(H,7,8)/b8-3+;2-1-. The van der Waals surface area contributed by atoms with Crippen molar-refractivity contribution in [1.82, 2.24) is 19.9 Å². The minimum atomic E-state index is -4.45. The fourth-order valence-corrected chi connectivity index (χ4v) is 5.90. The maximum atomic E-state index is 14.3. The summed E-state index contributed by atoms with van der Waals surface area (Å²) in [5.74, 6) is -4.48. The molecule has 1 amide bonds. The molecule has 0 saturated carbocycles. The monoisotopic (exact) mass is 724 g/mol. The number of aliphatic carboxylic acids is 2. The maximum Gasteiger partial charge on any atom is 0.328 e. The van der Waals surface area contributed by atoms with Crippen molar-refractivity contribution in [3.8, 4) is 17.0 Å². The second-order valence-corrected chi connectivity index (χ2v) is 12.3. The Kier molecular flexibility index (Phi) is 12.1. The molecule has 0 bridgehead atoms. The van der Waals surface area contributed by atoms with E-state index in [1.165, 1.54) is 44.8 Å². The average Bonchev–Trinajstić information content (AvgIpc) is 3.09. The number of benzene rings is 2. The van der Waals surface area contributed by atoms with Crippen molar-refractivity contribution in [2.75, 3.05) is 42.9 Å². The number of aromatic nitrogens is 3. The van der Waals surface area contributed by atoms with Crippen molar-refractivity contribution in [3.05, 3.63) is 90.9 Å². The number of pyridine rings is 1. The molecule has 5 rings (SSSR count). The molecule has 0 unspecified atom stereocenters. The molecule has 1 fully saturated rings. The molecule has 0 aliphatic carbocycles. The van der Waals surface area contributed by atoms with E-state index in [2.05, 4.69) is 19.7 Å². The number of fused-ring (bicyclic) bond motifs is 1. The van der Waals surface area contributed by atoms with Gasteiger partial charge in [0.15, 0.2) is 5.78 Å². The normalized spacial score (nSPS) is 13.2. The van der Waals surface area contributed by atoms with Crippen LogP contribution >= 0.6 is 0 Å². The number of carbonyl (C=O) groups excluding carboxylic acids is 2. The van der Waals surface area contributed by atoms with Gasteiger partial charge < -0.3 is 24.7 Å². The first-order valence-electron chi connectivity index (χ1n) is 14.8. The number of anilines is 2. The Morgan fingerprint density at radius 3 is 2.16 bits per heavy atom. The van der Waals surface area contributed by atoms with Gasteiger partial charge in [0.25, 0.3) is 10.0 Å². The van der Waals surface area contributed by atoms with Crippen molar-refractivity contribution >= 4 is 56.1 Å². The Bertz CT molecular complexity index is 2140. The van der Waals surface area contributed by atoms with Crippen LogP contribution in [0.3, 0.4) is 0 Å². The molecule has 3 heterocycles. The summed E-state index contributed by atoms with van der Waals surface area (Å²) < 4.78 is 61.1. The molecule has 0 radical (unpaired) electrons. The molecule has 15 nitrogen and oxygen atoms in total. The number of carbonyl (C=O) groups is 4. The summed E-state index contributed by atoms with van der Waals surface area (Å²) in [6.45, 7) is 3.27. The molecular formula is C33H30F2N6O9S. The van der Waals surface area contributed by atoms with Crippen molar-refractivity contribution in [1.29, 1.82) is 0 Å². The maximum absolute atomic E-state index is 14.3. The van der Waals surface area contributed by atoms with Crippen LogP contribution in [0.4, 0.5) is 20.3 Å². The summed E-state index contributed by atoms with van der Waals surface area (Å²) in [5.41, 5.74) is 1.80. The molecule has 1 aliphatic heterocycles. The van der Waals surface area contributed by atoms with E-state index in [1.54, 1.807) is 17.0 Å². The van der Waals surface area contributed by atoms with Gasteiger partial charge in [0.2, 0.25) is 11.8 Å². The molecule has 2 aromatic heterocycles. The van der Waals surface area contributed by atoms with Gasteiger partial charge in [-0.25, -0.2) is 41.7 Å². The number of carboxylic acids is 2. The van der Waals surface area contributed by atoms with Crippen LogP contribution < -0.4 is 14.4 Å². The number of ketones is 1. The number of carboxylic acid groups (broad SMARTS) is 2. The van der Waals surface area contributed by atoms with E-state index in [0.717, 1.165) is 17.5 Å². The number of piperazine rings is 1. The molecule has 2 aromatic carbocycles. The topological polar surface area (TPSA) is 209 Å². The first-order valence-corrected chi connectivity index (χ1v) is 16.3. The lowest BCUT2D eigenvalue weighted by molar-refractivity contribution is -0.134. The average molecular weight is 725 g/mol. The van der Waals surface area contributed by atoms with E-state index in [1.807, 2.05) is 11.0 Å². The summed E-state index contributed by atoms with van der Waals surface area (Å²) >= 11 is 0. The van der Waals surface area contributed by atoms with Gasteiger partial charge in [0.1, 0.15) is 34.4 Å². The van der Waals surface area contributed by atoms with Gasteiger partial charge in [-0.1, -0.05) is 6.07 Å². The first-order chi connectivity index (χ1) is 24.2. The highest BCUT2D eigenvalue weighted by molar-refractivity contribution is 7.92. The lowest BCUT2D eigenvalue weighted by Crippen LogP contribution is -2.48. The van der Waals surface area contributed by atoms with Crippen molar-refractivity contribution in [3.63, 3.8) is 0 Å². The van der Waals surface area contributed by atoms with Crippen LogP contribution in [0.1, 0.15) is 6.92 Å². The van der Waals surface area contributed by atoms with E-state index >= 15 is 0 Å². The van der Waals surface area contributed by atoms with Gasteiger partial charge in [-0.3, -0.25) is 14.3 Å². The lowest BCUT2D eigenvalue weighted by Gasteiger charge is -2.35. The molecule has 1 aliphatic rings. The third-order valence-corrected chi connectivity index (χ3v) is 8.54. The second-order valence-electron chi connectivity index (χ2n) is 10.7. The smallest absolute Gasteiger partial charge is 0.328 e. The van der Waals surface area contributed by atoms with E-state index < -0.39 is 38.5 Å². The number of nitrogens with one attached hydrogen (secondary N) is 1. The van der Waals surface area contributed by atoms with Crippen LogP contribution in [-0.2, 0) is 29.2 Å². The molecular weight excluding hydrogens is 694 g/mol. The Balaban J connectivity index is 0.000000652. The Labute approximate surface area is 289 Å². The SMILES string of the molecule is COc1ncc(-c2ccc3ncnc(N4CCN(C(=O)/C=C/C(C)=O)CC4)c3c2)cc1NS(=O)(=O)c1ccc(F)cc1F.O=C(O)/C=C\C(=O)O. The summed E-state index contributed by atoms with van der Waals surface area (Å²) in [5, 5.41) is 16.3. The third-order valence-electron chi connectivity index (χ3n) is 7.14. The largest absolute Gasteiger partial charge is 0.480 e. The number of hydrogen-bond donors (Lipinski definition) is 3. The fraction of sp³-hybridized carbons (Fsp3) is 0.182. The van der Waals surface area contributed by atoms with Gasteiger partial charge in [-0.15, -0.1) is 0 Å². The summed E-state index contributed by atoms with van der Waals surface area (Å²) in [4.78, 5) is 58.7. The quantitative estimate of drug-likeness (QED) is 0.201. The molecule has 18 heteroatoms. The van der Waals surface area contributed by atoms with Crippen LogP contribution in [0.2, 0.25) is 0 Å². The number of allylic oxidation sites excluding steroid dienone is 1. The lowest BCUT2D eigenvalue weighted by atomic mass is 10.0. The first kappa shape index (κ1) is 37.5. The van der Waals surface area contributed by atoms with Gasteiger partial charge in [-0.2, -0.15) is 0 Å². The van der Waals surface area contributed by atoms with E-state index in [4.69, 9.17) is 14.9 Å². The molecule has 3 N–H and O–H groups in total. The predicted molar refractivity (Wildman–Crippen MR) is 180 cm³/mol. The van der Waals surface area contributed by atoms with Crippen LogP contribution in [0.5, 0.6) is 5.88 Å². The molecule has 51 heavy (non-hydrogen) atoms. The van der Waals surface area contributed by atoms with Crippen LogP contribution in [0.15, 0.2) is 84.2 Å². The summed E-state index contributed by atoms with van der Waals surface area (Å²) in [6.07, 6.45) is 6.60. The summed E-state index contributed by atoms with van der Waals surface area (Å²) in [7, 11) is -3.14. The zero-order chi connectivity index (χ0) is 37.3. The number of sulfonamides is 1. The van der Waals surface area contributed by atoms with Crippen LogP contribution in [-0.4, -0.2) is 95.4 Å². The predicted octanol–water partition coefficient (Wildman–Crippen LogP) is 3.29. The molecule has 4 aromatic rings. The van der Waals surface area contributed by atoms with Crippen LogP contribution in [0, 0.1) is 11.6 Å². The number of amides is 1. The third kappa shape index (κ3) is 9.88. The minimum Gasteiger partial charge on any atom is -0.480 e. The summed E-state index contributed by atoms with van der Waals surface area (Å²) in [6, 6.07) is 9.09. The Morgan fingerprint density at radius 2 is 1.55 bits per heavy atom. The van der Waals surface area contributed by atoms with E-state index in [9.17, 15) is 36.4 Å². The number of methoxy groups -OCH3 is 1. The highest BCUT2D eigenvalue weighted by Gasteiger charge is 2.24. The Morgan fingerprint density at radius 1 is 0.863 bits per heavy atom. The van der Waals surface area contributed by atoms with Gasteiger partial charge >= 0.3 is 11.9 Å². The Hall–Kier alpha value is -6.30. The van der Waals surface area contributed by atoms with Crippen molar-refractivity contribution < 1.29 is 51.3 Å². The number of nitrogens with zero attached hydrogens (tertiary/aromatic N) is 5. The number of ether oxygens (including phenoxy) is 1. The number of hydrogen-bond acceptors (Lipinski definition) is 11. The van der Waals surface area contributed by atoms with Gasteiger partial charge in [0.05, 0.1) is 12.6 Å². The fourth-order valence-electron chi connectivity index (χ4n) is 4.79. The minimum absolute atomic E-state index is 0.0482. The zero-order valence-corrected chi connectivity index (χ0v) is 27.8. The molecule has 0 spiro atoms. The zero-order valence-electron chi connectivity index (χ0n) is 27.0. The van der Waals surface area contributed by atoms with Crippen molar-refractivity contribution in [2.45, 2.75) is 11.8 Å². The van der Waals surface area contributed by atoms with E-state index in [0.29, 0.717) is 66.9 Å². The number of rotatable bonds is 10. The van der Waals surface area contributed by atoms with Gasteiger partial charge in [-0.05, 0) is 48.9 Å². The van der Waals surface area contributed by atoms with Crippen molar-refractivity contribution in [2.24, 2.45) is 0 Å². The molecule has 0 atom stereocenters. The van der Waals surface area contributed by atoms with E-state index in [-0.39, 0.29) is 23.3 Å². The molecule has 1 saturated heterocycles.